The fourth-order valence-corrected chi connectivity index (χ4v) is 2.14. The van der Waals surface area contributed by atoms with Crippen molar-refractivity contribution < 1.29 is 14.7 Å². The van der Waals surface area contributed by atoms with E-state index < -0.39 is 5.97 Å². The van der Waals surface area contributed by atoms with Crippen molar-refractivity contribution in [3.8, 4) is 0 Å². The predicted molar refractivity (Wildman–Crippen MR) is 72.3 cm³/mol. The Kier molecular flexibility index (Phi) is 9.33. The molecule has 0 saturated heterocycles. The molecule has 106 valence electrons. The molecule has 0 bridgehead atoms. The molecule has 1 saturated carbocycles. The van der Waals surface area contributed by atoms with E-state index in [1.807, 2.05) is 13.8 Å². The molecule has 1 aliphatic carbocycles. The van der Waals surface area contributed by atoms with Crippen molar-refractivity contribution in [1.29, 1.82) is 0 Å². The van der Waals surface area contributed by atoms with Gasteiger partial charge in [0.1, 0.15) is 0 Å². The Balaban J connectivity index is 0.00000137. The first kappa shape index (κ1) is 16.9. The summed E-state index contributed by atoms with van der Waals surface area (Å²) in [6.45, 7) is 6.83. The normalized spacial score (nSPS) is 22.6. The molecular weight excluding hydrogens is 230 g/mol. The quantitative estimate of drug-likeness (QED) is 0.744. The summed E-state index contributed by atoms with van der Waals surface area (Å²) in [7, 11) is 0. The molecule has 2 N–H and O–H groups in total. The predicted octanol–water partition coefficient (Wildman–Crippen LogP) is 2.82. The molecule has 0 atom stereocenters. The number of aliphatic carboxylic acids is 1. The van der Waals surface area contributed by atoms with Gasteiger partial charge in [-0.2, -0.15) is 0 Å². The average molecular weight is 257 g/mol. The van der Waals surface area contributed by atoms with E-state index in [1.54, 1.807) is 0 Å². The van der Waals surface area contributed by atoms with E-state index in [-0.39, 0.29) is 17.7 Å². The summed E-state index contributed by atoms with van der Waals surface area (Å²) in [5.74, 6) is -0.811. The number of hydrogen-bond donors (Lipinski definition) is 2. The Hall–Kier alpha value is -1.06. The zero-order valence-electron chi connectivity index (χ0n) is 11.9. The Bertz CT molecular complexity index is 245. The number of carboxylic acids is 1. The van der Waals surface area contributed by atoms with Gasteiger partial charge in [-0.3, -0.25) is 9.59 Å². The lowest BCUT2D eigenvalue weighted by Gasteiger charge is -2.25. The van der Waals surface area contributed by atoms with Crippen LogP contribution < -0.4 is 5.32 Å². The monoisotopic (exact) mass is 257 g/mol. The lowest BCUT2D eigenvalue weighted by atomic mass is 9.81. The third-order valence-electron chi connectivity index (χ3n) is 3.28. The van der Waals surface area contributed by atoms with E-state index in [9.17, 15) is 9.59 Å². The first-order chi connectivity index (χ1) is 8.65. The van der Waals surface area contributed by atoms with Crippen molar-refractivity contribution in [3.05, 3.63) is 0 Å². The largest absolute Gasteiger partial charge is 0.481 e. The van der Waals surface area contributed by atoms with Crippen molar-refractivity contribution in [2.24, 2.45) is 11.8 Å². The third kappa shape index (κ3) is 6.03. The number of amides is 1. The van der Waals surface area contributed by atoms with Gasteiger partial charge in [-0.1, -0.05) is 27.2 Å². The lowest BCUT2D eigenvalue weighted by Crippen LogP contribution is -2.34. The van der Waals surface area contributed by atoms with Crippen LogP contribution in [0.4, 0.5) is 0 Å². The maximum absolute atomic E-state index is 11.7. The Morgan fingerprint density at radius 2 is 1.61 bits per heavy atom. The van der Waals surface area contributed by atoms with Crippen LogP contribution in [0.25, 0.3) is 0 Å². The molecule has 1 rings (SSSR count). The Labute approximate surface area is 110 Å². The number of carbonyl (C=O) groups excluding carboxylic acids is 1. The molecule has 0 aromatic rings. The topological polar surface area (TPSA) is 66.4 Å². The summed E-state index contributed by atoms with van der Waals surface area (Å²) < 4.78 is 0. The van der Waals surface area contributed by atoms with Gasteiger partial charge >= 0.3 is 5.97 Å². The van der Waals surface area contributed by atoms with Gasteiger partial charge in [-0.15, -0.1) is 0 Å². The van der Waals surface area contributed by atoms with Crippen molar-refractivity contribution in [2.75, 3.05) is 6.54 Å². The average Bonchev–Trinajstić information content (AvgIpc) is 2.41. The molecule has 0 spiro atoms. The van der Waals surface area contributed by atoms with Crippen LogP contribution in [0, 0.1) is 11.8 Å². The van der Waals surface area contributed by atoms with Gasteiger partial charge in [-0.25, -0.2) is 0 Å². The molecule has 0 unspecified atom stereocenters. The summed E-state index contributed by atoms with van der Waals surface area (Å²) in [5.41, 5.74) is 0. The fraction of sp³-hybridized carbons (Fsp3) is 0.857. The number of hydrogen-bond acceptors (Lipinski definition) is 2. The number of carboxylic acid groups (broad SMARTS) is 1. The zero-order valence-corrected chi connectivity index (χ0v) is 11.9. The minimum atomic E-state index is -0.718. The van der Waals surface area contributed by atoms with Crippen LogP contribution in [0.1, 0.15) is 59.3 Å². The molecule has 0 aliphatic heterocycles. The summed E-state index contributed by atoms with van der Waals surface area (Å²) in [4.78, 5) is 22.4. The third-order valence-corrected chi connectivity index (χ3v) is 3.28. The molecule has 1 fully saturated rings. The first-order valence-corrected chi connectivity index (χ1v) is 7.15. The highest BCUT2D eigenvalue weighted by Crippen LogP contribution is 2.28. The molecule has 4 heteroatoms. The molecule has 1 amide bonds. The second kappa shape index (κ2) is 9.92. The maximum atomic E-state index is 11.7. The minimum absolute atomic E-state index is 0.0347. The first-order valence-electron chi connectivity index (χ1n) is 7.15. The van der Waals surface area contributed by atoms with Crippen LogP contribution in [0.15, 0.2) is 0 Å². The van der Waals surface area contributed by atoms with Gasteiger partial charge in [0.15, 0.2) is 0 Å². The molecule has 0 aromatic carbocycles. The highest BCUT2D eigenvalue weighted by Gasteiger charge is 2.29. The number of carbonyl (C=O) groups is 2. The molecule has 0 heterocycles. The summed E-state index contributed by atoms with van der Waals surface area (Å²) in [6, 6.07) is 0. The van der Waals surface area contributed by atoms with Crippen LogP contribution in [0.2, 0.25) is 0 Å². The SMILES string of the molecule is CC.CCCCNC(=O)C1CCC(C(=O)O)CC1. The van der Waals surface area contributed by atoms with Gasteiger partial charge in [0.05, 0.1) is 5.92 Å². The highest BCUT2D eigenvalue weighted by atomic mass is 16.4. The van der Waals surface area contributed by atoms with Crippen molar-refractivity contribution in [3.63, 3.8) is 0 Å². The summed E-state index contributed by atoms with van der Waals surface area (Å²) >= 11 is 0. The van der Waals surface area contributed by atoms with E-state index in [1.165, 1.54) is 0 Å². The van der Waals surface area contributed by atoms with E-state index in [4.69, 9.17) is 5.11 Å². The van der Waals surface area contributed by atoms with E-state index >= 15 is 0 Å². The fourth-order valence-electron chi connectivity index (χ4n) is 2.14. The molecule has 1 aliphatic rings. The van der Waals surface area contributed by atoms with Crippen LogP contribution >= 0.6 is 0 Å². The van der Waals surface area contributed by atoms with Crippen molar-refractivity contribution >= 4 is 11.9 Å². The van der Waals surface area contributed by atoms with Crippen LogP contribution in [-0.2, 0) is 9.59 Å². The van der Waals surface area contributed by atoms with Crippen LogP contribution in [0.3, 0.4) is 0 Å². The van der Waals surface area contributed by atoms with Gasteiger partial charge < -0.3 is 10.4 Å². The van der Waals surface area contributed by atoms with Gasteiger partial charge in [0.25, 0.3) is 0 Å². The van der Waals surface area contributed by atoms with Crippen LogP contribution in [-0.4, -0.2) is 23.5 Å². The summed E-state index contributed by atoms with van der Waals surface area (Å²) in [5, 5.41) is 11.7. The van der Waals surface area contributed by atoms with Gasteiger partial charge in [0.2, 0.25) is 5.91 Å². The second-order valence-electron chi connectivity index (χ2n) is 4.53. The lowest BCUT2D eigenvalue weighted by molar-refractivity contribution is -0.144. The number of unbranched alkanes of at least 4 members (excludes halogenated alkanes) is 1. The number of rotatable bonds is 5. The van der Waals surface area contributed by atoms with E-state index in [0.29, 0.717) is 12.8 Å². The summed E-state index contributed by atoms with van der Waals surface area (Å²) in [6.07, 6.45) is 4.80. The minimum Gasteiger partial charge on any atom is -0.481 e. The van der Waals surface area contributed by atoms with E-state index in [0.717, 1.165) is 32.2 Å². The highest BCUT2D eigenvalue weighted by molar-refractivity contribution is 5.79. The number of nitrogens with one attached hydrogen (secondary N) is 1. The smallest absolute Gasteiger partial charge is 0.306 e. The Morgan fingerprint density at radius 3 is 2.06 bits per heavy atom. The molecule has 4 nitrogen and oxygen atoms in total. The zero-order chi connectivity index (χ0) is 14.0. The molecule has 0 radical (unpaired) electrons. The van der Waals surface area contributed by atoms with Crippen molar-refractivity contribution in [1.82, 2.24) is 5.32 Å². The maximum Gasteiger partial charge on any atom is 0.306 e. The van der Waals surface area contributed by atoms with Crippen LogP contribution in [0.5, 0.6) is 0 Å². The standard InChI is InChI=1S/C12H21NO3.C2H6/c1-2-3-8-13-11(14)9-4-6-10(7-5-9)12(15)16;1-2/h9-10H,2-8H2,1H3,(H,13,14)(H,15,16);1-2H3. The van der Waals surface area contributed by atoms with E-state index in [2.05, 4.69) is 12.2 Å². The Morgan fingerprint density at radius 1 is 1.11 bits per heavy atom. The van der Waals surface area contributed by atoms with Gasteiger partial charge in [0, 0.05) is 12.5 Å². The van der Waals surface area contributed by atoms with Gasteiger partial charge in [-0.05, 0) is 32.1 Å². The molecule has 0 aromatic heterocycles. The molecule has 18 heavy (non-hydrogen) atoms. The van der Waals surface area contributed by atoms with Crippen molar-refractivity contribution in [2.45, 2.75) is 59.3 Å². The molecular formula is C14H27NO3. The second-order valence-corrected chi connectivity index (χ2v) is 4.53.